The molecule has 0 bridgehead atoms. The van der Waals surface area contributed by atoms with Crippen molar-refractivity contribution in [1.82, 2.24) is 0 Å². The zero-order chi connectivity index (χ0) is 30.9. The van der Waals surface area contributed by atoms with Crippen molar-refractivity contribution in [2.75, 3.05) is 7.11 Å². The van der Waals surface area contributed by atoms with Crippen molar-refractivity contribution in [2.24, 2.45) is 23.7 Å². The van der Waals surface area contributed by atoms with Gasteiger partial charge >= 0.3 is 11.8 Å². The number of hydrogen-bond acceptors (Lipinski definition) is 2. The number of carbonyl (C=O) groups excluding carboxylic acids is 1. The van der Waals surface area contributed by atoms with E-state index in [0.717, 1.165) is 48.9 Å². The molecule has 0 radical (unpaired) electrons. The maximum absolute atomic E-state index is 14.4. The molecule has 0 aliphatic heterocycles. The molecule has 0 saturated heterocycles. The largest absolute Gasteiger partial charge is 0.496 e. The van der Waals surface area contributed by atoms with E-state index in [1.165, 1.54) is 76.0 Å². The number of carbonyl (C=O) groups is 1. The van der Waals surface area contributed by atoms with Gasteiger partial charge in [-0.1, -0.05) is 77.5 Å². The van der Waals surface area contributed by atoms with Gasteiger partial charge in [0, 0.05) is 11.1 Å². The maximum atomic E-state index is 14.4. The first kappa shape index (κ1) is 34.4. The number of allylic oxidation sites excluding steroid dienone is 4. The summed E-state index contributed by atoms with van der Waals surface area (Å²) in [5.74, 6) is -4.40. The smallest absolute Gasteiger partial charge is 0.335 e. The van der Waals surface area contributed by atoms with Crippen LogP contribution in [0.1, 0.15) is 126 Å². The van der Waals surface area contributed by atoms with Gasteiger partial charge in [-0.05, 0) is 99.2 Å². The van der Waals surface area contributed by atoms with Gasteiger partial charge in [0.25, 0.3) is 0 Å². The molecule has 1 aromatic carbocycles. The van der Waals surface area contributed by atoms with Crippen LogP contribution >= 0.6 is 0 Å². The van der Waals surface area contributed by atoms with Crippen molar-refractivity contribution in [3.8, 4) is 5.75 Å². The van der Waals surface area contributed by atoms with Gasteiger partial charge in [-0.25, -0.2) is 0 Å². The predicted octanol–water partition coefficient (Wildman–Crippen LogP) is 11.1. The molecule has 3 aliphatic carbocycles. The van der Waals surface area contributed by atoms with Crippen molar-refractivity contribution < 1.29 is 27.1 Å². The van der Waals surface area contributed by atoms with E-state index in [9.17, 15) is 22.4 Å². The highest BCUT2D eigenvalue weighted by Gasteiger charge is 2.61. The second-order valence-corrected chi connectivity index (χ2v) is 12.7. The van der Waals surface area contributed by atoms with E-state index in [1.807, 2.05) is 13.0 Å². The van der Waals surface area contributed by atoms with Gasteiger partial charge in [-0.2, -0.15) is 17.6 Å². The molecule has 1 aromatic rings. The number of hydrogen-bond donors (Lipinski definition) is 0. The lowest BCUT2D eigenvalue weighted by Gasteiger charge is -2.38. The van der Waals surface area contributed by atoms with Crippen LogP contribution in [0.3, 0.4) is 0 Å². The van der Waals surface area contributed by atoms with Crippen molar-refractivity contribution in [3.05, 3.63) is 52.1 Å². The molecule has 0 aromatic heterocycles. The average Bonchev–Trinajstić information content (AvgIpc) is 2.99. The Kier molecular flexibility index (Phi) is 12.7. The number of aryl methyl sites for hydroxylation is 1. The van der Waals surface area contributed by atoms with E-state index < -0.39 is 17.4 Å². The summed E-state index contributed by atoms with van der Waals surface area (Å²) in [5, 5.41) is 0. The van der Waals surface area contributed by atoms with Crippen molar-refractivity contribution >= 4 is 6.29 Å². The number of benzene rings is 1. The van der Waals surface area contributed by atoms with Crippen LogP contribution in [0.2, 0.25) is 0 Å². The van der Waals surface area contributed by atoms with Crippen LogP contribution < -0.4 is 4.74 Å². The second kappa shape index (κ2) is 15.6. The van der Waals surface area contributed by atoms with Crippen molar-refractivity contribution in [1.29, 1.82) is 0 Å². The van der Waals surface area contributed by atoms with Crippen LogP contribution in [-0.2, 0) is 6.42 Å². The van der Waals surface area contributed by atoms with E-state index in [1.54, 1.807) is 13.2 Å². The molecule has 42 heavy (non-hydrogen) atoms. The van der Waals surface area contributed by atoms with E-state index in [0.29, 0.717) is 23.7 Å². The number of ether oxygens (including phenoxy) is 1. The molecule has 236 valence electrons. The Morgan fingerprint density at radius 3 is 1.79 bits per heavy atom. The summed E-state index contributed by atoms with van der Waals surface area (Å²) in [6.07, 6.45) is 17.6. The number of halogens is 4. The van der Waals surface area contributed by atoms with Gasteiger partial charge in [0.05, 0.1) is 12.7 Å². The fraction of sp³-hybridized carbons (Fsp3) is 0.694. The maximum Gasteiger partial charge on any atom is 0.335 e. The molecular weight excluding hydrogens is 540 g/mol. The topological polar surface area (TPSA) is 26.3 Å². The fourth-order valence-corrected chi connectivity index (χ4v) is 7.56. The molecular formula is C36H52F4O2. The fourth-order valence-electron chi connectivity index (χ4n) is 7.56. The van der Waals surface area contributed by atoms with Crippen LogP contribution in [0.4, 0.5) is 17.6 Å². The molecule has 6 heteroatoms. The first-order chi connectivity index (χ1) is 20.0. The summed E-state index contributed by atoms with van der Waals surface area (Å²) in [4.78, 5) is 10.7. The SMILES string of the molecule is CCCC1CCC(C2CCC(CCC3=CC=C(CC)C(F)(F)C3(F)F)CC2)CC1.CCc1ccc(C=O)c(OC)c1C. The minimum Gasteiger partial charge on any atom is -0.496 e. The third-order valence-electron chi connectivity index (χ3n) is 10.3. The van der Waals surface area contributed by atoms with Crippen LogP contribution in [-0.4, -0.2) is 25.2 Å². The quantitative estimate of drug-likeness (QED) is 0.200. The summed E-state index contributed by atoms with van der Waals surface area (Å²) in [5.41, 5.74) is 2.07. The van der Waals surface area contributed by atoms with E-state index in [-0.39, 0.29) is 18.4 Å². The summed E-state index contributed by atoms with van der Waals surface area (Å²) in [7, 11) is 1.59. The summed E-state index contributed by atoms with van der Waals surface area (Å²) < 4.78 is 62.2. The zero-order valence-corrected chi connectivity index (χ0v) is 26.4. The first-order valence-electron chi connectivity index (χ1n) is 16.3. The molecule has 0 amide bonds. The van der Waals surface area contributed by atoms with Crippen LogP contribution in [0.5, 0.6) is 5.75 Å². The van der Waals surface area contributed by atoms with Crippen LogP contribution in [0, 0.1) is 30.6 Å². The molecule has 2 saturated carbocycles. The first-order valence-corrected chi connectivity index (χ1v) is 16.3. The second-order valence-electron chi connectivity index (χ2n) is 12.7. The Morgan fingerprint density at radius 2 is 1.31 bits per heavy atom. The Bertz CT molecular complexity index is 1070. The van der Waals surface area contributed by atoms with E-state index >= 15 is 0 Å². The van der Waals surface area contributed by atoms with Gasteiger partial charge in [0.15, 0.2) is 6.29 Å². The Morgan fingerprint density at radius 1 is 0.786 bits per heavy atom. The molecule has 2 fully saturated rings. The Labute approximate surface area is 251 Å². The average molecular weight is 593 g/mol. The number of methoxy groups -OCH3 is 1. The molecule has 0 heterocycles. The molecule has 0 unspecified atom stereocenters. The molecule has 2 nitrogen and oxygen atoms in total. The Balaban J connectivity index is 0.000000312. The zero-order valence-electron chi connectivity index (χ0n) is 26.4. The monoisotopic (exact) mass is 592 g/mol. The number of aldehydes is 1. The number of rotatable bonds is 10. The highest BCUT2D eigenvalue weighted by atomic mass is 19.3. The lowest BCUT2D eigenvalue weighted by atomic mass is 9.68. The Hall–Kier alpha value is -2.11. The van der Waals surface area contributed by atoms with Gasteiger partial charge in [0.2, 0.25) is 0 Å². The molecule has 0 N–H and O–H groups in total. The highest BCUT2D eigenvalue weighted by molar-refractivity contribution is 5.80. The lowest BCUT2D eigenvalue weighted by Crippen LogP contribution is -2.45. The molecule has 4 rings (SSSR count). The van der Waals surface area contributed by atoms with E-state index in [4.69, 9.17) is 4.74 Å². The van der Waals surface area contributed by atoms with Gasteiger partial charge in [-0.15, -0.1) is 0 Å². The third kappa shape index (κ3) is 7.88. The van der Waals surface area contributed by atoms with Crippen LogP contribution in [0.15, 0.2) is 35.4 Å². The number of alkyl halides is 4. The molecule has 0 atom stereocenters. The standard InChI is InChI=1S/C25H38F4.C11H14O2/c1-3-5-18-6-11-20(12-7-18)21-13-8-19(9-14-21)10-15-23-17-16-22(4-2)24(26,27)25(23,28)29;1-4-9-5-6-10(7-12)11(13-3)8(9)2/h16-21H,3-15H2,1-2H3;5-7H,4H2,1-3H3. The van der Waals surface area contributed by atoms with Gasteiger partial charge in [-0.3, -0.25) is 4.79 Å². The minimum absolute atomic E-state index is 0.0449. The summed E-state index contributed by atoms with van der Waals surface area (Å²) >= 11 is 0. The predicted molar refractivity (Wildman–Crippen MR) is 164 cm³/mol. The third-order valence-corrected chi connectivity index (χ3v) is 10.3. The van der Waals surface area contributed by atoms with Crippen molar-refractivity contribution in [2.45, 2.75) is 129 Å². The summed E-state index contributed by atoms with van der Waals surface area (Å²) in [6, 6.07) is 3.78. The molecule has 0 spiro atoms. The minimum atomic E-state index is -4.04. The van der Waals surface area contributed by atoms with Crippen LogP contribution in [0.25, 0.3) is 0 Å². The van der Waals surface area contributed by atoms with Gasteiger partial charge < -0.3 is 4.74 Å². The van der Waals surface area contributed by atoms with Crippen molar-refractivity contribution in [3.63, 3.8) is 0 Å². The molecule has 3 aliphatic rings. The summed E-state index contributed by atoms with van der Waals surface area (Å²) in [6.45, 7) is 7.84. The van der Waals surface area contributed by atoms with E-state index in [2.05, 4.69) is 13.8 Å². The highest BCUT2D eigenvalue weighted by Crippen LogP contribution is 2.50. The normalized spacial score (nSPS) is 26.8. The van der Waals surface area contributed by atoms with Gasteiger partial charge in [0.1, 0.15) is 5.75 Å². The lowest BCUT2D eigenvalue weighted by molar-refractivity contribution is -0.165.